The first-order valence-corrected chi connectivity index (χ1v) is 5.84. The molecule has 0 radical (unpaired) electrons. The van der Waals surface area contributed by atoms with E-state index in [-0.39, 0.29) is 0 Å². The summed E-state index contributed by atoms with van der Waals surface area (Å²) in [6.07, 6.45) is 1.78. The summed E-state index contributed by atoms with van der Waals surface area (Å²) in [6, 6.07) is 5.95. The highest BCUT2D eigenvalue weighted by Crippen LogP contribution is 2.27. The van der Waals surface area contributed by atoms with E-state index in [9.17, 15) is 0 Å². The molecule has 2 rings (SSSR count). The van der Waals surface area contributed by atoms with Crippen LogP contribution in [0, 0.1) is 0 Å². The van der Waals surface area contributed by atoms with Gasteiger partial charge in [0.2, 0.25) is 0 Å². The van der Waals surface area contributed by atoms with Gasteiger partial charge < -0.3 is 9.64 Å². The summed E-state index contributed by atoms with van der Waals surface area (Å²) in [5.41, 5.74) is 1.00. The van der Waals surface area contributed by atoms with Crippen molar-refractivity contribution in [3.05, 3.63) is 41.0 Å². The van der Waals surface area contributed by atoms with Crippen molar-refractivity contribution in [3.8, 4) is 5.75 Å². The number of aliphatic imine (C=N–C) groups is 1. The van der Waals surface area contributed by atoms with Crippen molar-refractivity contribution in [2.45, 2.75) is 0 Å². The summed E-state index contributed by atoms with van der Waals surface area (Å²) in [6.45, 7) is 5.19. The summed E-state index contributed by atoms with van der Waals surface area (Å²) >= 11 is 3.44. The van der Waals surface area contributed by atoms with Gasteiger partial charge in [-0.15, -0.1) is 0 Å². The summed E-state index contributed by atoms with van der Waals surface area (Å²) in [5.74, 6) is 1.76. The fourth-order valence-electron chi connectivity index (χ4n) is 1.74. The van der Waals surface area contributed by atoms with Crippen LogP contribution in [0.1, 0.15) is 5.56 Å². The lowest BCUT2D eigenvalue weighted by Gasteiger charge is -2.18. The Kier molecular flexibility index (Phi) is 3.29. The van der Waals surface area contributed by atoms with Crippen LogP contribution in [0.25, 0.3) is 0 Å². The molecule has 0 fully saturated rings. The Hall–Kier alpha value is -1.29. The predicted octanol–water partition coefficient (Wildman–Crippen LogP) is 2.66. The number of halogens is 1. The largest absolute Gasteiger partial charge is 0.491 e. The van der Waals surface area contributed by atoms with Crippen LogP contribution in [0.3, 0.4) is 0 Å². The highest BCUT2D eigenvalue weighted by molar-refractivity contribution is 9.10. The van der Waals surface area contributed by atoms with Crippen molar-refractivity contribution < 1.29 is 4.74 Å². The molecule has 0 saturated heterocycles. The van der Waals surface area contributed by atoms with Crippen LogP contribution in [0.4, 0.5) is 0 Å². The van der Waals surface area contributed by atoms with E-state index in [1.807, 2.05) is 23.1 Å². The zero-order valence-corrected chi connectivity index (χ0v) is 10.7. The third-order valence-electron chi connectivity index (χ3n) is 2.48. The molecule has 0 N–H and O–H groups in total. The molecule has 0 amide bonds. The molecule has 1 aromatic rings. The number of nitrogens with zero attached hydrogens (tertiary/aromatic N) is 2. The number of amidine groups is 1. The first-order chi connectivity index (χ1) is 7.76. The molecule has 1 heterocycles. The third kappa shape index (κ3) is 1.97. The van der Waals surface area contributed by atoms with Crippen LogP contribution in [-0.4, -0.2) is 30.9 Å². The van der Waals surface area contributed by atoms with Gasteiger partial charge in [-0.3, -0.25) is 4.99 Å². The number of hydrogen-bond donors (Lipinski definition) is 0. The topological polar surface area (TPSA) is 24.8 Å². The van der Waals surface area contributed by atoms with E-state index in [0.717, 1.165) is 28.2 Å². The van der Waals surface area contributed by atoms with Crippen molar-refractivity contribution >= 4 is 21.8 Å². The Balaban J connectivity index is 2.53. The molecule has 1 aliphatic rings. The number of hydrogen-bond acceptors (Lipinski definition) is 2. The second kappa shape index (κ2) is 4.70. The van der Waals surface area contributed by atoms with Gasteiger partial charge in [-0.2, -0.15) is 0 Å². The SMILES string of the molecule is C=CN1CCOc2cc(Br)ccc2C1=NC. The maximum Gasteiger partial charge on any atom is 0.138 e. The van der Waals surface area contributed by atoms with Crippen molar-refractivity contribution in [3.63, 3.8) is 0 Å². The Morgan fingerprint density at radius 2 is 2.38 bits per heavy atom. The fourth-order valence-corrected chi connectivity index (χ4v) is 2.08. The van der Waals surface area contributed by atoms with Gasteiger partial charge in [0, 0.05) is 11.5 Å². The van der Waals surface area contributed by atoms with Gasteiger partial charge in [-0.1, -0.05) is 22.5 Å². The first kappa shape index (κ1) is 11.2. The maximum atomic E-state index is 5.69. The minimum Gasteiger partial charge on any atom is -0.491 e. The normalized spacial score (nSPS) is 17.6. The van der Waals surface area contributed by atoms with Gasteiger partial charge in [0.1, 0.15) is 18.2 Å². The van der Waals surface area contributed by atoms with Crippen molar-refractivity contribution in [2.75, 3.05) is 20.2 Å². The molecule has 0 bridgehead atoms. The molecule has 0 aliphatic carbocycles. The molecule has 1 aliphatic heterocycles. The molecular weight excluding hydrogens is 268 g/mol. The van der Waals surface area contributed by atoms with Gasteiger partial charge >= 0.3 is 0 Å². The van der Waals surface area contributed by atoms with Crippen LogP contribution in [-0.2, 0) is 0 Å². The van der Waals surface area contributed by atoms with E-state index >= 15 is 0 Å². The summed E-state index contributed by atoms with van der Waals surface area (Å²) in [4.78, 5) is 6.31. The Morgan fingerprint density at radius 1 is 1.56 bits per heavy atom. The van der Waals surface area contributed by atoms with E-state index in [1.165, 1.54) is 0 Å². The van der Waals surface area contributed by atoms with E-state index in [1.54, 1.807) is 13.2 Å². The third-order valence-corrected chi connectivity index (χ3v) is 2.97. The van der Waals surface area contributed by atoms with E-state index < -0.39 is 0 Å². The maximum absolute atomic E-state index is 5.69. The molecule has 0 saturated carbocycles. The summed E-state index contributed by atoms with van der Waals surface area (Å²) in [5, 5.41) is 0. The highest BCUT2D eigenvalue weighted by atomic mass is 79.9. The van der Waals surface area contributed by atoms with Gasteiger partial charge in [0.05, 0.1) is 12.1 Å². The summed E-state index contributed by atoms with van der Waals surface area (Å²) in [7, 11) is 1.78. The molecule has 0 spiro atoms. The smallest absolute Gasteiger partial charge is 0.138 e. The van der Waals surface area contributed by atoms with Crippen LogP contribution in [0.2, 0.25) is 0 Å². The zero-order chi connectivity index (χ0) is 11.5. The zero-order valence-electron chi connectivity index (χ0n) is 9.11. The van der Waals surface area contributed by atoms with E-state index in [2.05, 4.69) is 27.5 Å². The quantitative estimate of drug-likeness (QED) is 0.790. The molecule has 0 unspecified atom stereocenters. The fraction of sp³-hybridized carbons (Fsp3) is 0.250. The Labute approximate surface area is 104 Å². The molecule has 3 nitrogen and oxygen atoms in total. The lowest BCUT2D eigenvalue weighted by molar-refractivity contribution is 0.301. The van der Waals surface area contributed by atoms with Gasteiger partial charge in [-0.25, -0.2) is 0 Å². The second-order valence-corrected chi connectivity index (χ2v) is 4.33. The molecule has 0 atom stereocenters. The van der Waals surface area contributed by atoms with Crippen molar-refractivity contribution in [2.24, 2.45) is 4.99 Å². The average molecular weight is 281 g/mol. The minimum absolute atomic E-state index is 0.633. The number of fused-ring (bicyclic) bond motifs is 1. The monoisotopic (exact) mass is 280 g/mol. The van der Waals surface area contributed by atoms with Crippen molar-refractivity contribution in [1.82, 2.24) is 4.90 Å². The number of rotatable bonds is 1. The number of benzene rings is 1. The van der Waals surface area contributed by atoms with Gasteiger partial charge in [0.15, 0.2) is 0 Å². The standard InChI is InChI=1S/C12H13BrN2O/c1-3-15-6-7-16-11-8-9(13)4-5-10(11)12(15)14-2/h3-5,8H,1,6-7H2,2H3. The summed E-state index contributed by atoms with van der Waals surface area (Å²) < 4.78 is 6.70. The molecule has 4 heteroatoms. The Morgan fingerprint density at radius 3 is 3.06 bits per heavy atom. The lowest BCUT2D eigenvalue weighted by Crippen LogP contribution is -2.27. The van der Waals surface area contributed by atoms with Gasteiger partial charge in [0.25, 0.3) is 0 Å². The van der Waals surface area contributed by atoms with E-state index in [0.29, 0.717) is 6.61 Å². The molecule has 84 valence electrons. The van der Waals surface area contributed by atoms with Gasteiger partial charge in [-0.05, 0) is 24.4 Å². The molecule has 1 aromatic carbocycles. The molecular formula is C12H13BrN2O. The molecule has 16 heavy (non-hydrogen) atoms. The first-order valence-electron chi connectivity index (χ1n) is 5.05. The average Bonchev–Trinajstić information content (AvgIpc) is 2.46. The number of ether oxygens (including phenoxy) is 1. The van der Waals surface area contributed by atoms with Crippen LogP contribution in [0.5, 0.6) is 5.75 Å². The highest BCUT2D eigenvalue weighted by Gasteiger charge is 2.19. The minimum atomic E-state index is 0.633. The lowest BCUT2D eigenvalue weighted by atomic mass is 10.1. The molecule has 0 aromatic heterocycles. The van der Waals surface area contributed by atoms with Crippen LogP contribution < -0.4 is 4.74 Å². The van der Waals surface area contributed by atoms with E-state index in [4.69, 9.17) is 4.74 Å². The van der Waals surface area contributed by atoms with Crippen LogP contribution in [0.15, 0.2) is 40.4 Å². The van der Waals surface area contributed by atoms with Crippen LogP contribution >= 0.6 is 15.9 Å². The Bertz CT molecular complexity index is 443. The predicted molar refractivity (Wildman–Crippen MR) is 69.0 cm³/mol. The van der Waals surface area contributed by atoms with Crippen molar-refractivity contribution in [1.29, 1.82) is 0 Å². The second-order valence-electron chi connectivity index (χ2n) is 3.41.